The average Bonchev–Trinajstić information content (AvgIpc) is 2.97. The van der Waals surface area contributed by atoms with Crippen LogP contribution < -0.4 is 4.72 Å². The van der Waals surface area contributed by atoms with Crippen LogP contribution in [0.4, 0.5) is 0 Å². The Morgan fingerprint density at radius 2 is 1.96 bits per heavy atom. The van der Waals surface area contributed by atoms with Crippen LogP contribution in [0.3, 0.4) is 0 Å². The van der Waals surface area contributed by atoms with E-state index in [0.29, 0.717) is 23.4 Å². The third-order valence-corrected chi connectivity index (χ3v) is 5.34. The lowest BCUT2D eigenvalue weighted by Gasteiger charge is -2.10. The molecule has 0 radical (unpaired) electrons. The number of hydrogen-bond acceptors (Lipinski definition) is 4. The summed E-state index contributed by atoms with van der Waals surface area (Å²) in [5.74, 6) is 0. The number of sulfonamides is 1. The lowest BCUT2D eigenvalue weighted by molar-refractivity contribution is 0.581. The zero-order valence-electron chi connectivity index (χ0n) is 13.0. The van der Waals surface area contributed by atoms with Crippen molar-refractivity contribution < 1.29 is 12.8 Å². The first-order chi connectivity index (χ1) is 11.0. The summed E-state index contributed by atoms with van der Waals surface area (Å²) < 4.78 is 32.8. The molecule has 23 heavy (non-hydrogen) atoms. The predicted molar refractivity (Wildman–Crippen MR) is 88.8 cm³/mol. The monoisotopic (exact) mass is 330 g/mol. The molecule has 5 nitrogen and oxygen atoms in total. The van der Waals surface area contributed by atoms with Crippen molar-refractivity contribution in [3.63, 3.8) is 0 Å². The van der Waals surface area contributed by atoms with E-state index in [1.807, 2.05) is 37.3 Å². The van der Waals surface area contributed by atoms with Gasteiger partial charge in [-0.25, -0.2) is 18.1 Å². The maximum absolute atomic E-state index is 12.4. The molecule has 0 bridgehead atoms. The first-order valence-corrected chi connectivity index (χ1v) is 8.83. The van der Waals surface area contributed by atoms with Crippen LogP contribution in [-0.4, -0.2) is 19.9 Å². The highest BCUT2D eigenvalue weighted by Gasteiger charge is 2.16. The second-order valence-electron chi connectivity index (χ2n) is 5.57. The minimum Gasteiger partial charge on any atom is -0.443 e. The number of aromatic nitrogens is 1. The number of oxazole rings is 1. The van der Waals surface area contributed by atoms with E-state index in [-0.39, 0.29) is 0 Å². The van der Waals surface area contributed by atoms with Gasteiger partial charge in [-0.2, -0.15) is 0 Å². The van der Waals surface area contributed by atoms with E-state index in [9.17, 15) is 8.42 Å². The van der Waals surface area contributed by atoms with E-state index in [1.54, 1.807) is 13.0 Å². The van der Waals surface area contributed by atoms with Crippen LogP contribution in [0.2, 0.25) is 0 Å². The molecule has 3 rings (SSSR count). The molecule has 1 aromatic heterocycles. The summed E-state index contributed by atoms with van der Waals surface area (Å²) in [4.78, 5) is 4.40. The van der Waals surface area contributed by atoms with Crippen molar-refractivity contribution in [3.05, 3.63) is 59.5 Å². The van der Waals surface area contributed by atoms with Crippen LogP contribution in [-0.2, 0) is 16.4 Å². The molecular formula is C17H18N2O3S. The Hall–Kier alpha value is -2.18. The van der Waals surface area contributed by atoms with Gasteiger partial charge in [-0.3, -0.25) is 0 Å². The lowest BCUT2D eigenvalue weighted by atomic mass is 10.1. The Kier molecular flexibility index (Phi) is 4.19. The largest absolute Gasteiger partial charge is 0.443 e. The van der Waals surface area contributed by atoms with Crippen molar-refractivity contribution in [1.82, 2.24) is 9.71 Å². The minimum atomic E-state index is -3.50. The Bertz CT molecular complexity index is 945. The molecule has 0 aliphatic carbocycles. The van der Waals surface area contributed by atoms with Gasteiger partial charge in [0.2, 0.25) is 10.0 Å². The van der Waals surface area contributed by atoms with Crippen molar-refractivity contribution in [3.8, 4) is 0 Å². The molecule has 120 valence electrons. The van der Waals surface area contributed by atoms with Crippen LogP contribution in [0.25, 0.3) is 11.1 Å². The molecule has 0 amide bonds. The first-order valence-electron chi connectivity index (χ1n) is 7.35. The average molecular weight is 330 g/mol. The molecule has 0 unspecified atom stereocenters. The topological polar surface area (TPSA) is 72.2 Å². The quantitative estimate of drug-likeness (QED) is 0.780. The summed E-state index contributed by atoms with van der Waals surface area (Å²) in [6.07, 6.45) is 1.98. The molecule has 0 saturated heterocycles. The SMILES string of the molecule is Cc1ccc(C)c(S(=O)(=O)NCCc2ccc3ncoc3c2)c1. The Morgan fingerprint density at radius 1 is 1.13 bits per heavy atom. The maximum Gasteiger partial charge on any atom is 0.240 e. The molecule has 1 heterocycles. The van der Waals surface area contributed by atoms with Crippen LogP contribution >= 0.6 is 0 Å². The summed E-state index contributed by atoms with van der Waals surface area (Å²) in [7, 11) is -3.50. The number of nitrogens with one attached hydrogen (secondary N) is 1. The van der Waals surface area contributed by atoms with Gasteiger partial charge >= 0.3 is 0 Å². The van der Waals surface area contributed by atoms with Crippen LogP contribution in [0.15, 0.2) is 52.1 Å². The van der Waals surface area contributed by atoms with Crippen molar-refractivity contribution in [1.29, 1.82) is 0 Å². The molecular weight excluding hydrogens is 312 g/mol. The highest BCUT2D eigenvalue weighted by molar-refractivity contribution is 7.89. The zero-order valence-corrected chi connectivity index (χ0v) is 13.9. The van der Waals surface area contributed by atoms with E-state index >= 15 is 0 Å². The highest BCUT2D eigenvalue weighted by Crippen LogP contribution is 2.17. The molecule has 3 aromatic rings. The van der Waals surface area contributed by atoms with Gasteiger partial charge in [-0.1, -0.05) is 18.2 Å². The summed E-state index contributed by atoms with van der Waals surface area (Å²) in [6.45, 7) is 4.01. The molecule has 6 heteroatoms. The predicted octanol–water partition coefficient (Wildman–Crippen LogP) is 2.97. The Labute approximate surface area is 135 Å². The van der Waals surface area contributed by atoms with Gasteiger partial charge in [0.05, 0.1) is 4.90 Å². The van der Waals surface area contributed by atoms with Gasteiger partial charge in [0.25, 0.3) is 0 Å². The van der Waals surface area contributed by atoms with Gasteiger partial charge in [0, 0.05) is 6.54 Å². The highest BCUT2D eigenvalue weighted by atomic mass is 32.2. The van der Waals surface area contributed by atoms with Gasteiger partial charge in [0.1, 0.15) is 5.52 Å². The summed E-state index contributed by atoms with van der Waals surface area (Å²) in [6, 6.07) is 11.1. The molecule has 0 atom stereocenters. The Balaban J connectivity index is 1.70. The van der Waals surface area contributed by atoms with E-state index in [4.69, 9.17) is 4.42 Å². The molecule has 0 saturated carbocycles. The van der Waals surface area contributed by atoms with Crippen LogP contribution in [0.5, 0.6) is 0 Å². The maximum atomic E-state index is 12.4. The number of fused-ring (bicyclic) bond motifs is 1. The number of nitrogens with zero attached hydrogens (tertiary/aromatic N) is 1. The smallest absolute Gasteiger partial charge is 0.240 e. The summed E-state index contributed by atoms with van der Waals surface area (Å²) >= 11 is 0. The zero-order chi connectivity index (χ0) is 16.4. The third kappa shape index (κ3) is 3.43. The number of rotatable bonds is 5. The van der Waals surface area contributed by atoms with E-state index < -0.39 is 10.0 Å². The molecule has 2 aromatic carbocycles. The molecule has 0 aliphatic heterocycles. The number of hydrogen-bond donors (Lipinski definition) is 1. The van der Waals surface area contributed by atoms with Crippen molar-refractivity contribution in [2.75, 3.05) is 6.54 Å². The first kappa shape index (κ1) is 15.7. The van der Waals surface area contributed by atoms with Crippen molar-refractivity contribution in [2.24, 2.45) is 0 Å². The van der Waals surface area contributed by atoms with Gasteiger partial charge in [0.15, 0.2) is 12.0 Å². The lowest BCUT2D eigenvalue weighted by Crippen LogP contribution is -2.26. The molecule has 0 spiro atoms. The van der Waals surface area contributed by atoms with Gasteiger partial charge < -0.3 is 4.42 Å². The standard InChI is InChI=1S/C17H18N2O3S/c1-12-3-4-13(2)17(9-12)23(20,21)19-8-7-14-5-6-15-16(10-14)22-11-18-15/h3-6,9-11,19H,7-8H2,1-2H3. The van der Waals surface area contributed by atoms with E-state index in [0.717, 1.165) is 22.2 Å². The van der Waals surface area contributed by atoms with Crippen LogP contribution in [0, 0.1) is 13.8 Å². The molecule has 1 N–H and O–H groups in total. The van der Waals surface area contributed by atoms with E-state index in [2.05, 4.69) is 9.71 Å². The summed E-state index contributed by atoms with van der Waals surface area (Å²) in [5.41, 5.74) is 4.17. The van der Waals surface area contributed by atoms with Crippen LogP contribution in [0.1, 0.15) is 16.7 Å². The minimum absolute atomic E-state index is 0.329. The third-order valence-electron chi connectivity index (χ3n) is 3.73. The second kappa shape index (κ2) is 6.14. The Morgan fingerprint density at radius 3 is 2.78 bits per heavy atom. The summed E-state index contributed by atoms with van der Waals surface area (Å²) in [5, 5.41) is 0. The second-order valence-corrected chi connectivity index (χ2v) is 7.31. The molecule has 0 aliphatic rings. The molecule has 0 fully saturated rings. The number of benzene rings is 2. The van der Waals surface area contributed by atoms with Crippen molar-refractivity contribution >= 4 is 21.1 Å². The van der Waals surface area contributed by atoms with Gasteiger partial charge in [-0.05, 0) is 55.2 Å². The van der Waals surface area contributed by atoms with Crippen molar-refractivity contribution in [2.45, 2.75) is 25.2 Å². The fraction of sp³-hybridized carbons (Fsp3) is 0.235. The normalized spacial score (nSPS) is 11.9. The van der Waals surface area contributed by atoms with E-state index in [1.165, 1.54) is 6.39 Å². The van der Waals surface area contributed by atoms with Gasteiger partial charge in [-0.15, -0.1) is 0 Å². The fourth-order valence-electron chi connectivity index (χ4n) is 2.46. The number of aryl methyl sites for hydroxylation is 2. The fourth-order valence-corrected chi connectivity index (χ4v) is 3.82.